The van der Waals surface area contributed by atoms with Gasteiger partial charge in [-0.15, -0.1) is 11.6 Å². The summed E-state index contributed by atoms with van der Waals surface area (Å²) in [6, 6.07) is 9.28. The molecule has 0 atom stereocenters. The summed E-state index contributed by atoms with van der Waals surface area (Å²) in [4.78, 5) is 24.8. The molecule has 0 saturated heterocycles. The highest BCUT2D eigenvalue weighted by atomic mass is 35.5. The van der Waals surface area contributed by atoms with E-state index in [0.717, 1.165) is 5.56 Å². The van der Waals surface area contributed by atoms with Crippen molar-refractivity contribution in [3.05, 3.63) is 35.9 Å². The molecule has 1 aromatic carbocycles. The minimum Gasteiger partial charge on any atom is -0.395 e. The fourth-order valence-electron chi connectivity index (χ4n) is 1.56. The molecular formula is C13H17ClN2O3. The largest absolute Gasteiger partial charge is 0.395 e. The lowest BCUT2D eigenvalue weighted by Crippen LogP contribution is -2.44. The molecule has 0 spiro atoms. The molecule has 0 fully saturated rings. The molecule has 0 aliphatic heterocycles. The second-order valence-corrected chi connectivity index (χ2v) is 4.26. The lowest BCUT2D eigenvalue weighted by atomic mass is 10.2. The summed E-state index contributed by atoms with van der Waals surface area (Å²) in [7, 11) is 0. The molecular weight excluding hydrogens is 268 g/mol. The number of benzene rings is 1. The van der Waals surface area contributed by atoms with Crippen molar-refractivity contribution in [2.45, 2.75) is 6.54 Å². The van der Waals surface area contributed by atoms with Crippen LogP contribution in [0.3, 0.4) is 0 Å². The lowest BCUT2D eigenvalue weighted by molar-refractivity contribution is -0.146. The molecule has 2 N–H and O–H groups in total. The number of nitrogens with zero attached hydrogens (tertiary/aromatic N) is 1. The Balaban J connectivity index is 2.66. The van der Waals surface area contributed by atoms with E-state index in [1.54, 1.807) is 0 Å². The third kappa shape index (κ3) is 5.28. The molecule has 0 bridgehead atoms. The minimum absolute atomic E-state index is 0.113. The first-order valence-corrected chi connectivity index (χ1v) is 6.50. The van der Waals surface area contributed by atoms with Crippen molar-refractivity contribution in [3.63, 3.8) is 0 Å². The number of nitrogens with one attached hydrogen (secondary N) is 1. The van der Waals surface area contributed by atoms with Crippen molar-refractivity contribution in [2.75, 3.05) is 25.6 Å². The molecule has 5 nitrogen and oxygen atoms in total. The van der Waals surface area contributed by atoms with Gasteiger partial charge in [0.1, 0.15) is 0 Å². The van der Waals surface area contributed by atoms with Crippen LogP contribution in [0.25, 0.3) is 0 Å². The van der Waals surface area contributed by atoms with E-state index in [2.05, 4.69) is 5.32 Å². The van der Waals surface area contributed by atoms with Gasteiger partial charge in [-0.05, 0) is 5.56 Å². The Labute approximate surface area is 117 Å². The van der Waals surface area contributed by atoms with Crippen molar-refractivity contribution in [1.29, 1.82) is 0 Å². The molecule has 6 heteroatoms. The van der Waals surface area contributed by atoms with Crippen LogP contribution in [0.15, 0.2) is 30.3 Å². The highest BCUT2D eigenvalue weighted by Crippen LogP contribution is 2.04. The van der Waals surface area contributed by atoms with Crippen LogP contribution in [0.5, 0.6) is 0 Å². The quantitative estimate of drug-likeness (QED) is 0.585. The summed E-state index contributed by atoms with van der Waals surface area (Å²) in [5, 5.41) is 11.4. The second kappa shape index (κ2) is 8.50. The van der Waals surface area contributed by atoms with Crippen LogP contribution in [0, 0.1) is 0 Å². The van der Waals surface area contributed by atoms with Crippen molar-refractivity contribution in [1.82, 2.24) is 10.2 Å². The number of amides is 2. The summed E-state index contributed by atoms with van der Waals surface area (Å²) in [5.41, 5.74) is 0.898. The van der Waals surface area contributed by atoms with Crippen LogP contribution >= 0.6 is 11.6 Å². The number of carbonyl (C=O) groups is 2. The normalized spacial score (nSPS) is 10.0. The Kier molecular flexibility index (Phi) is 6.92. The third-order valence-corrected chi connectivity index (χ3v) is 2.64. The Hall–Kier alpha value is -1.59. The summed E-state index contributed by atoms with van der Waals surface area (Å²) in [6.07, 6.45) is 0. The molecule has 0 radical (unpaired) electrons. The maximum absolute atomic E-state index is 11.9. The van der Waals surface area contributed by atoms with Crippen molar-refractivity contribution >= 4 is 23.4 Å². The molecule has 1 aromatic rings. The number of rotatable bonds is 6. The highest BCUT2D eigenvalue weighted by molar-refractivity contribution is 6.35. The number of alkyl halides is 1. The first kappa shape index (κ1) is 15.5. The van der Waals surface area contributed by atoms with Gasteiger partial charge in [0.05, 0.1) is 6.61 Å². The zero-order valence-corrected chi connectivity index (χ0v) is 11.3. The van der Waals surface area contributed by atoms with Crippen molar-refractivity contribution in [3.8, 4) is 0 Å². The molecule has 0 unspecified atom stereocenters. The number of aliphatic hydroxyl groups excluding tert-OH is 1. The fraction of sp³-hybridized carbons (Fsp3) is 0.385. The molecule has 1 rings (SSSR count). The minimum atomic E-state index is -0.704. The zero-order chi connectivity index (χ0) is 14.1. The molecule has 0 saturated carbocycles. The van der Waals surface area contributed by atoms with Gasteiger partial charge < -0.3 is 15.3 Å². The number of hydrogen-bond donors (Lipinski definition) is 2. The topological polar surface area (TPSA) is 69.6 Å². The summed E-state index contributed by atoms with van der Waals surface area (Å²) >= 11 is 5.44. The Morgan fingerprint density at radius 1 is 1.26 bits per heavy atom. The van der Waals surface area contributed by atoms with E-state index in [1.165, 1.54) is 4.90 Å². The van der Waals surface area contributed by atoms with Gasteiger partial charge in [0.15, 0.2) is 0 Å². The summed E-state index contributed by atoms with van der Waals surface area (Å²) in [6.45, 7) is 0.447. The van der Waals surface area contributed by atoms with Gasteiger partial charge in [-0.2, -0.15) is 0 Å². The SMILES string of the molecule is O=C(NCCCl)C(=O)N(CCO)Cc1ccccc1. The van der Waals surface area contributed by atoms with Gasteiger partial charge in [0.2, 0.25) is 0 Å². The number of halogens is 1. The summed E-state index contributed by atoms with van der Waals surface area (Å²) < 4.78 is 0. The predicted molar refractivity (Wildman–Crippen MR) is 72.7 cm³/mol. The number of carbonyl (C=O) groups excluding carboxylic acids is 2. The number of hydrogen-bond acceptors (Lipinski definition) is 3. The third-order valence-electron chi connectivity index (χ3n) is 2.45. The summed E-state index contributed by atoms with van der Waals surface area (Å²) in [5.74, 6) is -1.12. The molecule has 0 aromatic heterocycles. The van der Waals surface area contributed by atoms with E-state index in [0.29, 0.717) is 0 Å². The van der Waals surface area contributed by atoms with Crippen LogP contribution in [-0.2, 0) is 16.1 Å². The molecule has 2 amide bonds. The van der Waals surface area contributed by atoms with Gasteiger partial charge >= 0.3 is 11.8 Å². The lowest BCUT2D eigenvalue weighted by Gasteiger charge is -2.21. The molecule has 0 aliphatic rings. The first-order valence-electron chi connectivity index (χ1n) is 5.97. The van der Waals surface area contributed by atoms with Gasteiger partial charge in [-0.1, -0.05) is 30.3 Å². The van der Waals surface area contributed by atoms with E-state index in [1.807, 2.05) is 30.3 Å². The zero-order valence-electron chi connectivity index (χ0n) is 10.5. The highest BCUT2D eigenvalue weighted by Gasteiger charge is 2.20. The average Bonchev–Trinajstić information content (AvgIpc) is 2.44. The second-order valence-electron chi connectivity index (χ2n) is 3.88. The van der Waals surface area contributed by atoms with Crippen molar-refractivity contribution < 1.29 is 14.7 Å². The van der Waals surface area contributed by atoms with Gasteiger partial charge in [-0.3, -0.25) is 9.59 Å². The van der Waals surface area contributed by atoms with E-state index >= 15 is 0 Å². The molecule has 104 valence electrons. The van der Waals surface area contributed by atoms with Crippen LogP contribution in [0.2, 0.25) is 0 Å². The predicted octanol–water partition coefficient (Wildman–Crippen LogP) is 0.362. The molecule has 19 heavy (non-hydrogen) atoms. The Bertz CT molecular complexity index is 412. The average molecular weight is 285 g/mol. The Morgan fingerprint density at radius 2 is 1.95 bits per heavy atom. The van der Waals surface area contributed by atoms with Crippen LogP contribution < -0.4 is 5.32 Å². The smallest absolute Gasteiger partial charge is 0.312 e. The maximum atomic E-state index is 11.9. The molecule has 0 aliphatic carbocycles. The monoisotopic (exact) mass is 284 g/mol. The molecule has 0 heterocycles. The number of aliphatic hydroxyl groups is 1. The van der Waals surface area contributed by atoms with E-state index in [9.17, 15) is 9.59 Å². The van der Waals surface area contributed by atoms with Gasteiger partial charge in [-0.25, -0.2) is 0 Å². The first-order chi connectivity index (χ1) is 9.19. The van der Waals surface area contributed by atoms with E-state index < -0.39 is 11.8 Å². The van der Waals surface area contributed by atoms with Crippen LogP contribution in [0.4, 0.5) is 0 Å². The van der Waals surface area contributed by atoms with Gasteiger partial charge in [0, 0.05) is 25.5 Å². The maximum Gasteiger partial charge on any atom is 0.312 e. The van der Waals surface area contributed by atoms with E-state index in [4.69, 9.17) is 16.7 Å². The van der Waals surface area contributed by atoms with Gasteiger partial charge in [0.25, 0.3) is 0 Å². The standard InChI is InChI=1S/C13H17ClN2O3/c14-6-7-15-12(18)13(19)16(8-9-17)10-11-4-2-1-3-5-11/h1-5,17H,6-10H2,(H,15,18). The van der Waals surface area contributed by atoms with E-state index in [-0.39, 0.29) is 32.1 Å². The van der Waals surface area contributed by atoms with Crippen molar-refractivity contribution in [2.24, 2.45) is 0 Å². The van der Waals surface area contributed by atoms with Crippen LogP contribution in [-0.4, -0.2) is 47.4 Å². The van der Waals surface area contributed by atoms with Crippen LogP contribution in [0.1, 0.15) is 5.56 Å². The Morgan fingerprint density at radius 3 is 2.53 bits per heavy atom. The fourth-order valence-corrected chi connectivity index (χ4v) is 1.65.